The summed E-state index contributed by atoms with van der Waals surface area (Å²) in [5, 5.41) is 38.2. The van der Waals surface area contributed by atoms with Crippen molar-refractivity contribution in [2.24, 2.45) is 0 Å². The fraction of sp³-hybridized carbons (Fsp3) is 0.176. The van der Waals surface area contributed by atoms with E-state index in [2.05, 4.69) is 20.5 Å². The SMILES string of the molecule is CCCSc1nnc(-c2ccccc2NC(C#N)=C(C#N)C#N)c(=O)[nH]1. The Hall–Kier alpha value is -3.61. The molecule has 8 nitrogen and oxygen atoms in total. The molecule has 0 aliphatic heterocycles. The number of nitriles is 3. The molecular formula is C17H13N7OS. The van der Waals surface area contributed by atoms with Gasteiger partial charge in [-0.2, -0.15) is 15.8 Å². The Bertz CT molecular complexity index is 1000. The molecule has 0 amide bonds. The van der Waals surface area contributed by atoms with Crippen molar-refractivity contribution in [3.63, 3.8) is 0 Å². The summed E-state index contributed by atoms with van der Waals surface area (Å²) >= 11 is 1.40. The second kappa shape index (κ2) is 9.03. The molecule has 0 atom stereocenters. The van der Waals surface area contributed by atoms with Gasteiger partial charge in [0.05, 0.1) is 0 Å². The van der Waals surface area contributed by atoms with Crippen LogP contribution in [0.2, 0.25) is 0 Å². The Balaban J connectivity index is 2.47. The maximum atomic E-state index is 12.4. The highest BCUT2D eigenvalue weighted by atomic mass is 32.2. The maximum absolute atomic E-state index is 12.4. The number of aromatic amines is 1. The van der Waals surface area contributed by atoms with Crippen LogP contribution in [0.1, 0.15) is 13.3 Å². The van der Waals surface area contributed by atoms with Gasteiger partial charge < -0.3 is 5.32 Å². The second-order valence-electron chi connectivity index (χ2n) is 4.91. The van der Waals surface area contributed by atoms with Crippen LogP contribution in [-0.2, 0) is 0 Å². The molecule has 2 rings (SSSR count). The Morgan fingerprint density at radius 2 is 1.92 bits per heavy atom. The van der Waals surface area contributed by atoms with E-state index in [1.54, 1.807) is 42.5 Å². The zero-order valence-electron chi connectivity index (χ0n) is 13.8. The number of thioether (sulfide) groups is 1. The van der Waals surface area contributed by atoms with Crippen molar-refractivity contribution >= 4 is 17.4 Å². The summed E-state index contributed by atoms with van der Waals surface area (Å²) in [6.07, 6.45) is 0.937. The number of H-pyrrole nitrogens is 1. The van der Waals surface area contributed by atoms with Crippen LogP contribution < -0.4 is 10.9 Å². The first kappa shape index (κ1) is 18.7. The van der Waals surface area contributed by atoms with Gasteiger partial charge in [0.25, 0.3) is 5.56 Å². The van der Waals surface area contributed by atoms with Crippen molar-refractivity contribution in [1.29, 1.82) is 15.8 Å². The number of anilines is 1. The average molecular weight is 363 g/mol. The minimum absolute atomic E-state index is 0.0710. The first-order chi connectivity index (χ1) is 12.6. The molecule has 2 N–H and O–H groups in total. The average Bonchev–Trinajstić information content (AvgIpc) is 2.67. The summed E-state index contributed by atoms with van der Waals surface area (Å²) in [4.78, 5) is 15.0. The molecule has 1 aromatic carbocycles. The number of hydrogen-bond acceptors (Lipinski definition) is 8. The summed E-state index contributed by atoms with van der Waals surface area (Å²) in [5.74, 6) is 0.809. The van der Waals surface area contributed by atoms with Crippen LogP contribution in [0.15, 0.2) is 45.5 Å². The lowest BCUT2D eigenvalue weighted by atomic mass is 10.1. The van der Waals surface area contributed by atoms with Gasteiger partial charge in [0, 0.05) is 17.0 Å². The molecule has 0 saturated heterocycles. The summed E-state index contributed by atoms with van der Waals surface area (Å²) < 4.78 is 0. The van der Waals surface area contributed by atoms with Crippen LogP contribution in [0.3, 0.4) is 0 Å². The largest absolute Gasteiger partial charge is 0.345 e. The Morgan fingerprint density at radius 1 is 1.19 bits per heavy atom. The van der Waals surface area contributed by atoms with Crippen LogP contribution in [-0.4, -0.2) is 20.9 Å². The van der Waals surface area contributed by atoms with Crippen molar-refractivity contribution in [3.05, 3.63) is 45.9 Å². The Kier molecular flexibility index (Phi) is 6.50. The summed E-state index contributed by atoms with van der Waals surface area (Å²) in [5.41, 5.74) is -0.148. The molecule has 1 aromatic heterocycles. The van der Waals surface area contributed by atoms with Crippen LogP contribution in [0.5, 0.6) is 0 Å². The molecule has 26 heavy (non-hydrogen) atoms. The van der Waals surface area contributed by atoms with Crippen LogP contribution in [0, 0.1) is 34.0 Å². The summed E-state index contributed by atoms with van der Waals surface area (Å²) in [6, 6.07) is 11.7. The predicted molar refractivity (Wildman–Crippen MR) is 96.6 cm³/mol. The van der Waals surface area contributed by atoms with Gasteiger partial charge in [0.15, 0.2) is 16.4 Å². The number of aromatic nitrogens is 3. The van der Waals surface area contributed by atoms with Gasteiger partial charge in [-0.25, -0.2) is 0 Å². The number of para-hydroxylation sites is 1. The van der Waals surface area contributed by atoms with Crippen LogP contribution in [0.4, 0.5) is 5.69 Å². The lowest BCUT2D eigenvalue weighted by Crippen LogP contribution is -2.15. The number of rotatable bonds is 6. The third-order valence-electron chi connectivity index (χ3n) is 3.15. The fourth-order valence-electron chi connectivity index (χ4n) is 1.98. The van der Waals surface area contributed by atoms with Crippen LogP contribution in [0.25, 0.3) is 11.3 Å². The lowest BCUT2D eigenvalue weighted by molar-refractivity contribution is 0.823. The molecule has 0 bridgehead atoms. The number of nitrogens with one attached hydrogen (secondary N) is 2. The van der Waals surface area contributed by atoms with Gasteiger partial charge in [-0.15, -0.1) is 10.2 Å². The molecule has 0 unspecified atom stereocenters. The van der Waals surface area contributed by atoms with Gasteiger partial charge >= 0.3 is 0 Å². The molecule has 0 aliphatic carbocycles. The van der Waals surface area contributed by atoms with Crippen molar-refractivity contribution in [3.8, 4) is 29.5 Å². The molecule has 2 aromatic rings. The lowest BCUT2D eigenvalue weighted by Gasteiger charge is -2.10. The van der Waals surface area contributed by atoms with E-state index >= 15 is 0 Å². The molecule has 0 aliphatic rings. The van der Waals surface area contributed by atoms with Gasteiger partial charge in [-0.3, -0.25) is 9.78 Å². The van der Waals surface area contributed by atoms with Gasteiger partial charge in [-0.1, -0.05) is 36.9 Å². The van der Waals surface area contributed by atoms with Crippen molar-refractivity contribution in [2.45, 2.75) is 18.5 Å². The minimum atomic E-state index is -0.420. The summed E-state index contributed by atoms with van der Waals surface area (Å²) in [6.45, 7) is 2.02. The third kappa shape index (κ3) is 4.27. The highest BCUT2D eigenvalue weighted by Crippen LogP contribution is 2.25. The van der Waals surface area contributed by atoms with E-state index in [1.165, 1.54) is 11.8 Å². The highest BCUT2D eigenvalue weighted by Gasteiger charge is 2.14. The first-order valence-electron chi connectivity index (χ1n) is 7.55. The van der Waals surface area contributed by atoms with E-state index < -0.39 is 5.56 Å². The smallest absolute Gasteiger partial charge is 0.278 e. The molecule has 0 spiro atoms. The molecule has 0 saturated carbocycles. The van der Waals surface area contributed by atoms with Gasteiger partial charge in [0.1, 0.15) is 23.9 Å². The van der Waals surface area contributed by atoms with E-state index in [4.69, 9.17) is 10.5 Å². The van der Waals surface area contributed by atoms with Crippen LogP contribution >= 0.6 is 11.8 Å². The number of allylic oxidation sites excluding steroid dienone is 2. The van der Waals surface area contributed by atoms with E-state index in [-0.39, 0.29) is 17.0 Å². The quantitative estimate of drug-likeness (QED) is 0.589. The zero-order chi connectivity index (χ0) is 18.9. The highest BCUT2D eigenvalue weighted by molar-refractivity contribution is 7.99. The molecule has 128 valence electrons. The topological polar surface area (TPSA) is 142 Å². The van der Waals surface area contributed by atoms with Gasteiger partial charge in [0.2, 0.25) is 0 Å². The van der Waals surface area contributed by atoms with E-state index in [0.717, 1.165) is 12.2 Å². The number of benzene rings is 1. The normalized spacial score (nSPS) is 9.46. The minimum Gasteiger partial charge on any atom is -0.345 e. The molecule has 1 heterocycles. The zero-order valence-corrected chi connectivity index (χ0v) is 14.6. The predicted octanol–water partition coefficient (Wildman–Crippen LogP) is 2.57. The first-order valence-corrected chi connectivity index (χ1v) is 8.54. The molecule has 0 radical (unpaired) electrons. The standard InChI is InChI=1S/C17H13N7OS/c1-2-7-26-17-22-16(25)15(23-24-17)12-5-3-4-6-13(12)21-14(10-20)11(8-18)9-19/h3-6,21H,2,7H2,1H3,(H,22,24,25). The van der Waals surface area contributed by atoms with Gasteiger partial charge in [-0.05, 0) is 12.5 Å². The second-order valence-corrected chi connectivity index (χ2v) is 6.00. The Morgan fingerprint density at radius 3 is 2.54 bits per heavy atom. The molecular weight excluding hydrogens is 350 g/mol. The Labute approximate surface area is 153 Å². The van der Waals surface area contributed by atoms with Crippen molar-refractivity contribution in [1.82, 2.24) is 15.2 Å². The van der Waals surface area contributed by atoms with E-state index in [0.29, 0.717) is 16.4 Å². The number of nitrogens with zero attached hydrogens (tertiary/aromatic N) is 5. The molecule has 0 fully saturated rings. The summed E-state index contributed by atoms with van der Waals surface area (Å²) in [7, 11) is 0. The van der Waals surface area contributed by atoms with E-state index in [1.807, 2.05) is 6.92 Å². The third-order valence-corrected chi connectivity index (χ3v) is 4.22. The fourth-order valence-corrected chi connectivity index (χ4v) is 2.64. The van der Waals surface area contributed by atoms with Crippen molar-refractivity contribution in [2.75, 3.05) is 11.1 Å². The maximum Gasteiger partial charge on any atom is 0.278 e. The van der Waals surface area contributed by atoms with E-state index in [9.17, 15) is 10.1 Å². The van der Waals surface area contributed by atoms with Crippen molar-refractivity contribution < 1.29 is 0 Å². The number of hydrogen-bond donors (Lipinski definition) is 2. The monoisotopic (exact) mass is 363 g/mol. The molecule has 9 heteroatoms.